The molecule has 2 rings (SSSR count). The van der Waals surface area contributed by atoms with Crippen LogP contribution in [0.3, 0.4) is 0 Å². The van der Waals surface area contributed by atoms with Crippen LogP contribution in [-0.4, -0.2) is 26.5 Å². The first-order valence-electron chi connectivity index (χ1n) is 5.35. The van der Waals surface area contributed by atoms with Gasteiger partial charge in [0.25, 0.3) is 0 Å². The standard InChI is InChI=1S/C13H11NO3S2/c1-19(17)11-4-2-9(3-5-11)12(13(15)16)6-10-7-14-8-18-10/h2-8H,1H3,(H,15,16)/b12-6+. The minimum absolute atomic E-state index is 0.192. The average molecular weight is 293 g/mol. The van der Waals surface area contributed by atoms with Crippen molar-refractivity contribution in [3.63, 3.8) is 0 Å². The molecule has 0 aliphatic rings. The molecule has 0 bridgehead atoms. The molecule has 98 valence electrons. The molecule has 19 heavy (non-hydrogen) atoms. The summed E-state index contributed by atoms with van der Waals surface area (Å²) in [6.45, 7) is 0. The smallest absolute Gasteiger partial charge is 0.336 e. The molecule has 0 spiro atoms. The number of benzene rings is 1. The van der Waals surface area contributed by atoms with Crippen molar-refractivity contribution in [1.29, 1.82) is 0 Å². The summed E-state index contributed by atoms with van der Waals surface area (Å²) in [6.07, 6.45) is 4.78. The third kappa shape index (κ3) is 3.36. The maximum Gasteiger partial charge on any atom is 0.336 e. The fourth-order valence-corrected chi connectivity index (χ4v) is 2.60. The zero-order valence-electron chi connectivity index (χ0n) is 10.1. The minimum atomic E-state index is -1.07. The predicted molar refractivity (Wildman–Crippen MR) is 76.4 cm³/mol. The molecule has 0 amide bonds. The number of nitrogens with zero attached hydrogens (tertiary/aromatic N) is 1. The second-order valence-corrected chi connectivity index (χ2v) is 6.04. The number of carboxylic acid groups (broad SMARTS) is 1. The highest BCUT2D eigenvalue weighted by molar-refractivity contribution is 7.84. The van der Waals surface area contributed by atoms with Crippen LogP contribution in [0, 0.1) is 0 Å². The van der Waals surface area contributed by atoms with Crippen molar-refractivity contribution in [2.24, 2.45) is 0 Å². The number of hydrogen-bond acceptors (Lipinski definition) is 4. The molecule has 0 radical (unpaired) electrons. The van der Waals surface area contributed by atoms with E-state index in [4.69, 9.17) is 0 Å². The van der Waals surface area contributed by atoms with Crippen molar-refractivity contribution < 1.29 is 14.1 Å². The summed E-state index contributed by atoms with van der Waals surface area (Å²) in [5.74, 6) is -1.00. The Labute approximate surface area is 116 Å². The summed E-state index contributed by atoms with van der Waals surface area (Å²) in [5.41, 5.74) is 2.42. The van der Waals surface area contributed by atoms with Gasteiger partial charge < -0.3 is 5.11 Å². The van der Waals surface area contributed by atoms with E-state index < -0.39 is 16.8 Å². The number of carboxylic acids is 1. The van der Waals surface area contributed by atoms with E-state index in [9.17, 15) is 14.1 Å². The number of aromatic nitrogens is 1. The van der Waals surface area contributed by atoms with E-state index in [1.54, 1.807) is 48.3 Å². The molecule has 1 N–H and O–H groups in total. The lowest BCUT2D eigenvalue weighted by Gasteiger charge is -2.03. The summed E-state index contributed by atoms with van der Waals surface area (Å²) in [5, 5.41) is 9.26. The molecule has 1 unspecified atom stereocenters. The Bertz CT molecular complexity index is 630. The predicted octanol–water partition coefficient (Wildman–Crippen LogP) is 2.51. The van der Waals surface area contributed by atoms with E-state index in [0.717, 1.165) is 4.88 Å². The molecule has 4 nitrogen and oxygen atoms in total. The van der Waals surface area contributed by atoms with Crippen LogP contribution in [-0.2, 0) is 15.6 Å². The molecule has 0 aliphatic heterocycles. The number of rotatable bonds is 4. The fraction of sp³-hybridized carbons (Fsp3) is 0.0769. The summed E-state index contributed by atoms with van der Waals surface area (Å²) < 4.78 is 11.3. The first kappa shape index (κ1) is 13.6. The monoisotopic (exact) mass is 293 g/mol. The number of thiazole rings is 1. The second kappa shape index (κ2) is 5.90. The zero-order chi connectivity index (χ0) is 13.8. The van der Waals surface area contributed by atoms with E-state index >= 15 is 0 Å². The molecule has 2 aromatic rings. The molecule has 0 saturated heterocycles. The molecule has 1 aromatic heterocycles. The summed E-state index contributed by atoms with van der Waals surface area (Å²) in [7, 11) is -1.07. The molecule has 0 aliphatic carbocycles. The lowest BCUT2D eigenvalue weighted by atomic mass is 10.1. The molecule has 6 heteroatoms. The first-order chi connectivity index (χ1) is 9.08. The van der Waals surface area contributed by atoms with Gasteiger partial charge >= 0.3 is 5.97 Å². The van der Waals surface area contributed by atoms with Crippen LogP contribution in [0.4, 0.5) is 0 Å². The van der Waals surface area contributed by atoms with Crippen LogP contribution >= 0.6 is 11.3 Å². The maximum atomic E-state index is 11.3. The van der Waals surface area contributed by atoms with Crippen LogP contribution in [0.5, 0.6) is 0 Å². The fourth-order valence-electron chi connectivity index (χ4n) is 1.53. The molecule has 1 atom stereocenters. The Morgan fingerprint density at radius 2 is 2.05 bits per heavy atom. The quantitative estimate of drug-likeness (QED) is 0.880. The minimum Gasteiger partial charge on any atom is -0.478 e. The van der Waals surface area contributed by atoms with Gasteiger partial charge in [-0.05, 0) is 23.8 Å². The SMILES string of the molecule is CS(=O)c1ccc(/C(=C\c2cncs2)C(=O)O)cc1. The Morgan fingerprint density at radius 3 is 2.53 bits per heavy atom. The van der Waals surface area contributed by atoms with Gasteiger partial charge in [-0.25, -0.2) is 4.79 Å². The van der Waals surface area contributed by atoms with Crippen LogP contribution in [0.1, 0.15) is 10.4 Å². The molecule has 1 aromatic carbocycles. The number of hydrogen-bond donors (Lipinski definition) is 1. The van der Waals surface area contributed by atoms with Crippen molar-refractivity contribution in [1.82, 2.24) is 4.98 Å². The van der Waals surface area contributed by atoms with Gasteiger partial charge in [-0.3, -0.25) is 9.19 Å². The Kier molecular flexibility index (Phi) is 4.24. The topological polar surface area (TPSA) is 67.3 Å². The molecule has 0 fully saturated rings. The van der Waals surface area contributed by atoms with Crippen molar-refractivity contribution >= 4 is 39.8 Å². The summed E-state index contributed by atoms with van der Waals surface area (Å²) >= 11 is 1.37. The lowest BCUT2D eigenvalue weighted by Crippen LogP contribution is -1.99. The molecular formula is C13H11NO3S2. The Morgan fingerprint density at radius 1 is 1.37 bits per heavy atom. The largest absolute Gasteiger partial charge is 0.478 e. The van der Waals surface area contributed by atoms with Crippen LogP contribution in [0.25, 0.3) is 11.6 Å². The summed E-state index contributed by atoms with van der Waals surface area (Å²) in [6, 6.07) is 6.68. The van der Waals surface area contributed by atoms with Gasteiger partial charge in [0.1, 0.15) is 0 Å². The lowest BCUT2D eigenvalue weighted by molar-refractivity contribution is -0.130. The van der Waals surface area contributed by atoms with E-state index in [1.807, 2.05) is 0 Å². The van der Waals surface area contributed by atoms with Gasteiger partial charge in [-0.2, -0.15) is 0 Å². The highest BCUT2D eigenvalue weighted by Crippen LogP contribution is 2.21. The highest BCUT2D eigenvalue weighted by atomic mass is 32.2. The Balaban J connectivity index is 2.40. The van der Waals surface area contributed by atoms with Gasteiger partial charge in [0.2, 0.25) is 0 Å². The normalized spacial score (nSPS) is 13.2. The first-order valence-corrected chi connectivity index (χ1v) is 7.79. The van der Waals surface area contributed by atoms with E-state index in [1.165, 1.54) is 11.3 Å². The van der Waals surface area contributed by atoms with Gasteiger partial charge in [-0.15, -0.1) is 11.3 Å². The van der Waals surface area contributed by atoms with Gasteiger partial charge in [0, 0.05) is 33.0 Å². The van der Waals surface area contributed by atoms with E-state index in [2.05, 4.69) is 4.98 Å². The molecular weight excluding hydrogens is 282 g/mol. The van der Waals surface area contributed by atoms with Crippen LogP contribution in [0.2, 0.25) is 0 Å². The van der Waals surface area contributed by atoms with Gasteiger partial charge in [0.05, 0.1) is 11.1 Å². The Hall–Kier alpha value is -1.79. The maximum absolute atomic E-state index is 11.3. The average Bonchev–Trinajstić information content (AvgIpc) is 2.88. The van der Waals surface area contributed by atoms with Crippen molar-refractivity contribution in [3.05, 3.63) is 46.4 Å². The van der Waals surface area contributed by atoms with E-state index in [0.29, 0.717) is 10.5 Å². The van der Waals surface area contributed by atoms with Crippen molar-refractivity contribution in [2.45, 2.75) is 4.90 Å². The van der Waals surface area contributed by atoms with Gasteiger partial charge in [0.15, 0.2) is 0 Å². The number of aliphatic carboxylic acids is 1. The van der Waals surface area contributed by atoms with Crippen LogP contribution < -0.4 is 0 Å². The van der Waals surface area contributed by atoms with E-state index in [-0.39, 0.29) is 5.57 Å². The third-order valence-electron chi connectivity index (χ3n) is 2.47. The van der Waals surface area contributed by atoms with Crippen molar-refractivity contribution in [3.8, 4) is 0 Å². The van der Waals surface area contributed by atoms with Crippen molar-refractivity contribution in [2.75, 3.05) is 6.26 Å². The second-order valence-electron chi connectivity index (χ2n) is 3.75. The van der Waals surface area contributed by atoms with Crippen LogP contribution in [0.15, 0.2) is 40.9 Å². The molecule has 0 saturated carbocycles. The summed E-state index contributed by atoms with van der Waals surface area (Å²) in [4.78, 5) is 16.7. The third-order valence-corrected chi connectivity index (χ3v) is 4.12. The molecule has 1 heterocycles. The number of carbonyl (C=O) groups is 1. The van der Waals surface area contributed by atoms with Gasteiger partial charge in [-0.1, -0.05) is 12.1 Å². The highest BCUT2D eigenvalue weighted by Gasteiger charge is 2.11. The zero-order valence-corrected chi connectivity index (χ0v) is 11.7.